The third-order valence-corrected chi connectivity index (χ3v) is 9.76. The summed E-state index contributed by atoms with van der Waals surface area (Å²) in [6.07, 6.45) is 0.920. The largest absolute Gasteiger partial charge is 0.497 e. The number of fused-ring (bicyclic) bond motifs is 6. The molecular formula is C33H43N3O10. The number of benzene rings is 2. The van der Waals surface area contributed by atoms with Crippen molar-refractivity contribution in [3.63, 3.8) is 0 Å². The lowest BCUT2D eigenvalue weighted by molar-refractivity contribution is -0.176. The number of H-pyrrole nitrogens is 1. The second kappa shape index (κ2) is 14.2. The Labute approximate surface area is 267 Å². The maximum Gasteiger partial charge on any atom is 0.338 e. The number of ether oxygens (including phenoxy) is 7. The van der Waals surface area contributed by atoms with Crippen molar-refractivity contribution in [2.45, 2.75) is 37.5 Å². The Balaban J connectivity index is 0.00000204. The van der Waals surface area contributed by atoms with Crippen LogP contribution in [0.2, 0.25) is 0 Å². The Bertz CT molecular complexity index is 1530. The van der Waals surface area contributed by atoms with Gasteiger partial charge < -0.3 is 43.3 Å². The summed E-state index contributed by atoms with van der Waals surface area (Å²) in [5, 5.41) is 7.71. The topological polar surface area (TPSA) is 164 Å². The van der Waals surface area contributed by atoms with Gasteiger partial charge in [-0.3, -0.25) is 9.69 Å². The van der Waals surface area contributed by atoms with Crippen LogP contribution in [0, 0.1) is 17.8 Å². The maximum absolute atomic E-state index is 13.5. The van der Waals surface area contributed by atoms with E-state index in [0.717, 1.165) is 37.2 Å². The molecule has 0 radical (unpaired) electrons. The van der Waals surface area contributed by atoms with E-state index >= 15 is 0 Å². The number of nitrogens with zero attached hydrogens (tertiary/aromatic N) is 1. The molecule has 3 aliphatic rings. The highest BCUT2D eigenvalue weighted by atomic mass is 16.6. The smallest absolute Gasteiger partial charge is 0.338 e. The van der Waals surface area contributed by atoms with E-state index in [1.54, 1.807) is 26.4 Å². The van der Waals surface area contributed by atoms with Crippen molar-refractivity contribution in [1.82, 2.24) is 9.88 Å². The zero-order valence-corrected chi connectivity index (χ0v) is 27.0. The average Bonchev–Trinajstić information content (AvgIpc) is 3.48. The summed E-state index contributed by atoms with van der Waals surface area (Å²) < 4.78 is 39.1. The molecule has 0 spiro atoms. The normalized spacial score (nSPS) is 25.1. The molecule has 46 heavy (non-hydrogen) atoms. The molecule has 6 atom stereocenters. The first-order chi connectivity index (χ1) is 22.3. The second-order valence-electron chi connectivity index (χ2n) is 11.7. The van der Waals surface area contributed by atoms with Gasteiger partial charge in [0.2, 0.25) is 5.75 Å². The number of rotatable bonds is 8. The number of hydrogen-bond donors (Lipinski definition) is 3. The fourth-order valence-electron chi connectivity index (χ4n) is 7.76. The molecular weight excluding hydrogens is 598 g/mol. The molecule has 1 aliphatic carbocycles. The molecule has 3 heterocycles. The van der Waals surface area contributed by atoms with Gasteiger partial charge in [0, 0.05) is 42.9 Å². The van der Waals surface area contributed by atoms with Gasteiger partial charge >= 0.3 is 11.9 Å². The third kappa shape index (κ3) is 5.83. The molecule has 250 valence electrons. The Morgan fingerprint density at radius 3 is 2.26 bits per heavy atom. The highest BCUT2D eigenvalue weighted by Crippen LogP contribution is 2.51. The molecule has 13 heteroatoms. The Morgan fingerprint density at radius 1 is 0.935 bits per heavy atom. The molecule has 4 N–H and O–H groups in total. The van der Waals surface area contributed by atoms with Gasteiger partial charge in [-0.2, -0.15) is 0 Å². The number of nitrogens with one attached hydrogen (secondary N) is 1. The van der Waals surface area contributed by atoms with Crippen LogP contribution in [0.1, 0.15) is 40.5 Å². The standard InChI is InChI=1S/C33H40N2O9.H3NO/c1-38-19-7-8-20-21-9-10-35-16-18-13-27(44-32(36)17-11-25(39-2)30(41-4)26(12-17)40-3)31(42-5)28(33(37)43-6)22(18)15-24(35)29(21)34-23(20)14-19;1-2/h7-8,11-12,14,18,22,24,27-28,31,34H,9-10,13,15-16H2,1-6H3;2H,1H2/t18-,22+,24-,27-,28+,31+;/m1./s1. The molecule has 0 unspecified atom stereocenters. The highest BCUT2D eigenvalue weighted by Gasteiger charge is 2.54. The van der Waals surface area contributed by atoms with E-state index in [1.165, 1.54) is 45.1 Å². The number of nitrogens with two attached hydrogens (primary N) is 1. The van der Waals surface area contributed by atoms with Gasteiger partial charge in [-0.05, 0) is 60.9 Å². The van der Waals surface area contributed by atoms with Crippen LogP contribution in [0.3, 0.4) is 0 Å². The number of carbonyl (C=O) groups is 2. The van der Waals surface area contributed by atoms with E-state index < -0.39 is 24.1 Å². The van der Waals surface area contributed by atoms with Crippen molar-refractivity contribution in [2.24, 2.45) is 23.7 Å². The molecule has 1 saturated carbocycles. The monoisotopic (exact) mass is 641 g/mol. The summed E-state index contributed by atoms with van der Waals surface area (Å²) in [4.78, 5) is 33.1. The van der Waals surface area contributed by atoms with Crippen LogP contribution in [0.25, 0.3) is 10.9 Å². The first-order valence-corrected chi connectivity index (χ1v) is 15.2. The number of carbonyl (C=O) groups excluding carboxylic acids is 2. The van der Waals surface area contributed by atoms with Crippen molar-refractivity contribution in [3.05, 3.63) is 47.2 Å². The van der Waals surface area contributed by atoms with E-state index in [9.17, 15) is 9.59 Å². The lowest BCUT2D eigenvalue weighted by Gasteiger charge is -2.52. The molecule has 6 rings (SSSR count). The van der Waals surface area contributed by atoms with E-state index in [1.807, 2.05) is 12.1 Å². The van der Waals surface area contributed by atoms with Crippen LogP contribution in [0.15, 0.2) is 30.3 Å². The second-order valence-corrected chi connectivity index (χ2v) is 11.7. The predicted molar refractivity (Wildman–Crippen MR) is 167 cm³/mol. The molecule has 2 aliphatic heterocycles. The first-order valence-electron chi connectivity index (χ1n) is 15.2. The summed E-state index contributed by atoms with van der Waals surface area (Å²) in [7, 11) is 9.10. The Hall–Kier alpha value is -4.04. The minimum atomic E-state index is -0.670. The SMILES string of the molecule is COC(=O)[C@H]1[C@H]2C[C@@H]3c4[nH]c5cc(OC)ccc5c4CCN3C[C@H]2C[C@@H](OC(=O)c2cc(OC)c(OC)c(OC)c2)[C@@H]1OC.NO. The van der Waals surface area contributed by atoms with Gasteiger partial charge in [-0.1, -0.05) is 0 Å². The number of aromatic amines is 1. The van der Waals surface area contributed by atoms with Crippen LogP contribution in [-0.2, 0) is 25.4 Å². The first kappa shape index (κ1) is 33.3. The zero-order chi connectivity index (χ0) is 33.1. The van der Waals surface area contributed by atoms with E-state index in [4.69, 9.17) is 38.4 Å². The molecule has 0 amide bonds. The van der Waals surface area contributed by atoms with Crippen molar-refractivity contribution in [1.29, 1.82) is 0 Å². The fraction of sp³-hybridized carbons (Fsp3) is 0.515. The molecule has 13 nitrogen and oxygen atoms in total. The Morgan fingerprint density at radius 2 is 1.65 bits per heavy atom. The number of esters is 2. The maximum atomic E-state index is 13.5. The van der Waals surface area contributed by atoms with Crippen LogP contribution in [0.4, 0.5) is 0 Å². The minimum Gasteiger partial charge on any atom is -0.497 e. The van der Waals surface area contributed by atoms with Crippen molar-refractivity contribution < 1.29 is 48.0 Å². The molecule has 1 aromatic heterocycles. The lowest BCUT2D eigenvalue weighted by Crippen LogP contribution is -2.58. The quantitative estimate of drug-likeness (QED) is 0.243. The molecule has 0 bridgehead atoms. The molecule has 2 fully saturated rings. The van der Waals surface area contributed by atoms with Gasteiger partial charge in [0.05, 0.1) is 53.1 Å². The predicted octanol–water partition coefficient (Wildman–Crippen LogP) is 3.51. The van der Waals surface area contributed by atoms with Gasteiger partial charge in [0.15, 0.2) is 11.5 Å². The van der Waals surface area contributed by atoms with Crippen molar-refractivity contribution >= 4 is 22.8 Å². The molecule has 2 aromatic carbocycles. The lowest BCUT2D eigenvalue weighted by atomic mass is 9.63. The van der Waals surface area contributed by atoms with E-state index in [2.05, 4.69) is 21.8 Å². The summed E-state index contributed by atoms with van der Waals surface area (Å²) >= 11 is 0. The zero-order valence-electron chi connectivity index (χ0n) is 27.0. The summed E-state index contributed by atoms with van der Waals surface area (Å²) in [5.74, 6) is 3.94. The number of methoxy groups -OCH3 is 6. The van der Waals surface area contributed by atoms with E-state index in [-0.39, 0.29) is 29.4 Å². The van der Waals surface area contributed by atoms with Gasteiger partial charge in [0.1, 0.15) is 18.0 Å². The van der Waals surface area contributed by atoms with Crippen LogP contribution < -0.4 is 24.8 Å². The van der Waals surface area contributed by atoms with Gasteiger partial charge in [-0.15, -0.1) is 0 Å². The fourth-order valence-corrected chi connectivity index (χ4v) is 7.76. The van der Waals surface area contributed by atoms with E-state index in [0.29, 0.717) is 23.7 Å². The van der Waals surface area contributed by atoms with Gasteiger partial charge in [-0.25, -0.2) is 10.7 Å². The van der Waals surface area contributed by atoms with Crippen molar-refractivity contribution in [3.8, 4) is 23.0 Å². The van der Waals surface area contributed by atoms with Crippen molar-refractivity contribution in [2.75, 3.05) is 55.7 Å². The number of piperidine rings is 1. The minimum absolute atomic E-state index is 0.0170. The van der Waals surface area contributed by atoms with Crippen LogP contribution in [-0.4, -0.2) is 95.0 Å². The number of aromatic nitrogens is 1. The van der Waals surface area contributed by atoms with Gasteiger partial charge in [0.25, 0.3) is 0 Å². The summed E-state index contributed by atoms with van der Waals surface area (Å²) in [6, 6.07) is 9.40. The molecule has 3 aromatic rings. The summed E-state index contributed by atoms with van der Waals surface area (Å²) in [5.41, 5.74) is 3.83. The average molecular weight is 642 g/mol. The molecule has 1 saturated heterocycles. The third-order valence-electron chi connectivity index (χ3n) is 9.76. The van der Waals surface area contributed by atoms with Crippen LogP contribution in [0.5, 0.6) is 23.0 Å². The summed E-state index contributed by atoms with van der Waals surface area (Å²) in [6.45, 7) is 1.68. The number of hydrogen-bond acceptors (Lipinski definition) is 12. The van der Waals surface area contributed by atoms with Crippen LogP contribution >= 0.6 is 0 Å². The Kier molecular flexibility index (Phi) is 10.3. The highest BCUT2D eigenvalue weighted by molar-refractivity contribution is 5.91.